The number of carbonyl (C=O) groups is 5. The Hall–Kier alpha value is -2.77. The van der Waals surface area contributed by atoms with Crippen molar-refractivity contribution < 1.29 is 34.2 Å². The molecule has 0 radical (unpaired) electrons. The van der Waals surface area contributed by atoms with Gasteiger partial charge < -0.3 is 31.9 Å². The van der Waals surface area contributed by atoms with Crippen LogP contribution in [0.4, 0.5) is 0 Å². The molecule has 0 aromatic heterocycles. The fourth-order valence-corrected chi connectivity index (χ4v) is 3.11. The van der Waals surface area contributed by atoms with Gasteiger partial charge in [0.2, 0.25) is 17.7 Å². The fraction of sp³-hybridized carbons (Fsp3) is 0.450. The summed E-state index contributed by atoms with van der Waals surface area (Å²) < 4.78 is 0. The fourth-order valence-electron chi connectivity index (χ4n) is 2.69. The average molecular weight is 501 g/mol. The molecular formula is C20H28N4O7S2. The Bertz CT molecular complexity index is 841. The summed E-state index contributed by atoms with van der Waals surface area (Å²) in [4.78, 5) is 59.9. The predicted molar refractivity (Wildman–Crippen MR) is 126 cm³/mol. The summed E-state index contributed by atoms with van der Waals surface area (Å²) >= 11 is 7.94. The van der Waals surface area contributed by atoms with Crippen molar-refractivity contribution in [3.8, 4) is 0 Å². The highest BCUT2D eigenvalue weighted by atomic mass is 32.1. The van der Waals surface area contributed by atoms with E-state index in [0.717, 1.165) is 0 Å². The van der Waals surface area contributed by atoms with E-state index in [1.807, 2.05) is 0 Å². The molecule has 0 aliphatic rings. The van der Waals surface area contributed by atoms with Crippen molar-refractivity contribution in [3.05, 3.63) is 35.9 Å². The van der Waals surface area contributed by atoms with Crippen LogP contribution < -0.4 is 21.7 Å². The average Bonchev–Trinajstić information content (AvgIpc) is 2.78. The first kappa shape index (κ1) is 28.3. The third-order valence-corrected chi connectivity index (χ3v) is 5.28. The van der Waals surface area contributed by atoms with Gasteiger partial charge in [0.05, 0.1) is 6.04 Å². The number of benzene rings is 1. The van der Waals surface area contributed by atoms with Crippen molar-refractivity contribution in [2.45, 2.75) is 43.4 Å². The van der Waals surface area contributed by atoms with Crippen molar-refractivity contribution in [1.29, 1.82) is 0 Å². The number of thiol groups is 2. The number of nitrogens with one attached hydrogen (secondary N) is 3. The summed E-state index contributed by atoms with van der Waals surface area (Å²) in [6, 6.07) is 3.87. The van der Waals surface area contributed by atoms with Crippen LogP contribution in [0.1, 0.15) is 18.4 Å². The molecular weight excluding hydrogens is 472 g/mol. The Labute approximate surface area is 201 Å². The Morgan fingerprint density at radius 1 is 0.818 bits per heavy atom. The molecule has 0 heterocycles. The Morgan fingerprint density at radius 3 is 1.88 bits per heavy atom. The lowest BCUT2D eigenvalue weighted by atomic mass is 10.1. The van der Waals surface area contributed by atoms with Crippen LogP contribution in [-0.4, -0.2) is 75.5 Å². The summed E-state index contributed by atoms with van der Waals surface area (Å²) in [7, 11) is 0. The minimum atomic E-state index is -1.28. The first-order chi connectivity index (χ1) is 15.6. The quantitative estimate of drug-likeness (QED) is 0.147. The first-order valence-corrected chi connectivity index (χ1v) is 11.2. The van der Waals surface area contributed by atoms with Crippen LogP contribution in [0.3, 0.4) is 0 Å². The molecule has 3 amide bonds. The van der Waals surface area contributed by atoms with E-state index in [2.05, 4.69) is 41.2 Å². The monoisotopic (exact) mass is 500 g/mol. The van der Waals surface area contributed by atoms with Crippen LogP contribution in [0.5, 0.6) is 0 Å². The molecule has 7 N–H and O–H groups in total. The second-order valence-electron chi connectivity index (χ2n) is 7.12. The number of aliphatic carboxylic acids is 2. The number of hydrogen-bond acceptors (Lipinski definition) is 8. The van der Waals surface area contributed by atoms with Gasteiger partial charge >= 0.3 is 11.9 Å². The van der Waals surface area contributed by atoms with Gasteiger partial charge in [0.1, 0.15) is 18.1 Å². The van der Waals surface area contributed by atoms with Gasteiger partial charge in [0, 0.05) is 24.3 Å². The number of carboxylic acids is 2. The van der Waals surface area contributed by atoms with E-state index in [4.69, 9.17) is 10.8 Å². The molecule has 4 atom stereocenters. The van der Waals surface area contributed by atoms with Gasteiger partial charge in [-0.15, -0.1) is 0 Å². The van der Waals surface area contributed by atoms with Crippen LogP contribution >= 0.6 is 25.3 Å². The van der Waals surface area contributed by atoms with Crippen molar-refractivity contribution in [2.75, 3.05) is 11.5 Å². The molecule has 1 aromatic carbocycles. The zero-order valence-corrected chi connectivity index (χ0v) is 19.4. The minimum absolute atomic E-state index is 0.00123. The largest absolute Gasteiger partial charge is 0.481 e. The second kappa shape index (κ2) is 14.4. The lowest BCUT2D eigenvalue weighted by Crippen LogP contribution is -2.58. The molecule has 0 aliphatic heterocycles. The molecule has 11 nitrogen and oxygen atoms in total. The molecule has 0 saturated carbocycles. The molecule has 0 aliphatic carbocycles. The maximum Gasteiger partial charge on any atom is 0.326 e. The first-order valence-electron chi connectivity index (χ1n) is 9.96. The molecule has 4 unspecified atom stereocenters. The van der Waals surface area contributed by atoms with Gasteiger partial charge in [-0.1, -0.05) is 30.3 Å². The number of rotatable bonds is 14. The Balaban J connectivity index is 2.87. The van der Waals surface area contributed by atoms with Crippen molar-refractivity contribution in [3.63, 3.8) is 0 Å². The van der Waals surface area contributed by atoms with Gasteiger partial charge in [-0.25, -0.2) is 4.79 Å². The molecule has 0 fully saturated rings. The topological polar surface area (TPSA) is 188 Å². The summed E-state index contributed by atoms with van der Waals surface area (Å²) in [5.41, 5.74) is 6.26. The minimum Gasteiger partial charge on any atom is -0.481 e. The summed E-state index contributed by atoms with van der Waals surface area (Å²) in [5, 5.41) is 25.5. The predicted octanol–water partition coefficient (Wildman–Crippen LogP) is -1.18. The number of amides is 3. The van der Waals surface area contributed by atoms with Crippen LogP contribution in [0.15, 0.2) is 30.3 Å². The van der Waals surface area contributed by atoms with Crippen LogP contribution in [0.2, 0.25) is 0 Å². The van der Waals surface area contributed by atoms with Gasteiger partial charge in [-0.2, -0.15) is 25.3 Å². The van der Waals surface area contributed by atoms with Crippen LogP contribution in [0, 0.1) is 0 Å². The van der Waals surface area contributed by atoms with Crippen molar-refractivity contribution in [1.82, 2.24) is 16.0 Å². The van der Waals surface area contributed by atoms with Gasteiger partial charge in [0.25, 0.3) is 0 Å². The van der Waals surface area contributed by atoms with Crippen LogP contribution in [0.25, 0.3) is 0 Å². The van der Waals surface area contributed by atoms with Gasteiger partial charge in [-0.05, 0) is 12.0 Å². The normalized spacial score (nSPS) is 14.3. The third-order valence-electron chi connectivity index (χ3n) is 4.53. The van der Waals surface area contributed by atoms with E-state index >= 15 is 0 Å². The van der Waals surface area contributed by atoms with E-state index < -0.39 is 60.2 Å². The number of hydrogen-bond donors (Lipinski definition) is 8. The third kappa shape index (κ3) is 10.1. The lowest BCUT2D eigenvalue weighted by Gasteiger charge is -2.24. The molecule has 0 saturated heterocycles. The second-order valence-corrected chi connectivity index (χ2v) is 7.85. The maximum absolute atomic E-state index is 12.7. The number of nitrogens with two attached hydrogens (primary N) is 1. The Kier molecular flexibility index (Phi) is 12.3. The van der Waals surface area contributed by atoms with E-state index in [1.165, 1.54) is 0 Å². The SMILES string of the molecule is NC(CS)C(=O)NC(CCC(=O)O)C(=O)NC(CS)C(=O)NC(Cc1ccccc1)C(=O)O. The maximum atomic E-state index is 12.7. The highest BCUT2D eigenvalue weighted by molar-refractivity contribution is 7.80. The summed E-state index contributed by atoms with van der Waals surface area (Å²) in [6.45, 7) is 0. The smallest absolute Gasteiger partial charge is 0.326 e. The molecule has 182 valence electrons. The van der Waals surface area contributed by atoms with Crippen LogP contribution in [-0.2, 0) is 30.4 Å². The van der Waals surface area contributed by atoms with Gasteiger partial charge in [-0.3, -0.25) is 19.2 Å². The molecule has 1 rings (SSSR count). The standard InChI is InChI=1S/C20H28N4O7S2/c21-12(9-32)17(27)22-13(6-7-16(25)26)18(28)24-15(10-33)19(29)23-14(20(30)31)8-11-4-2-1-3-5-11/h1-5,12-15,32-33H,6-10,21H2,(H,22,27)(H,23,29)(H,24,28)(H,25,26)(H,30,31). The van der Waals surface area contributed by atoms with Crippen molar-refractivity contribution in [2.24, 2.45) is 5.73 Å². The van der Waals surface area contributed by atoms with Crippen molar-refractivity contribution >= 4 is 54.9 Å². The zero-order chi connectivity index (χ0) is 25.0. The van der Waals surface area contributed by atoms with Gasteiger partial charge in [0.15, 0.2) is 0 Å². The lowest BCUT2D eigenvalue weighted by molar-refractivity contribution is -0.142. The van der Waals surface area contributed by atoms with E-state index in [9.17, 15) is 29.1 Å². The molecule has 1 aromatic rings. The Morgan fingerprint density at radius 2 is 1.36 bits per heavy atom. The molecule has 13 heteroatoms. The highest BCUT2D eigenvalue weighted by Gasteiger charge is 2.30. The summed E-state index contributed by atoms with van der Waals surface area (Å²) in [6.07, 6.45) is -0.655. The zero-order valence-electron chi connectivity index (χ0n) is 17.6. The van der Waals surface area contributed by atoms with E-state index in [1.54, 1.807) is 30.3 Å². The summed E-state index contributed by atoms with van der Waals surface area (Å²) in [5.74, 6) is -4.96. The molecule has 0 bridgehead atoms. The molecule has 0 spiro atoms. The number of carboxylic acid groups (broad SMARTS) is 2. The molecule has 33 heavy (non-hydrogen) atoms. The van der Waals surface area contributed by atoms with E-state index in [-0.39, 0.29) is 24.3 Å². The highest BCUT2D eigenvalue weighted by Crippen LogP contribution is 2.05. The number of carbonyl (C=O) groups excluding carboxylic acids is 3. The van der Waals surface area contributed by atoms with E-state index in [0.29, 0.717) is 5.56 Å².